The summed E-state index contributed by atoms with van der Waals surface area (Å²) in [5.74, 6) is -16.3. The van der Waals surface area contributed by atoms with Crippen molar-refractivity contribution in [1.82, 2.24) is 0 Å². The van der Waals surface area contributed by atoms with Crippen molar-refractivity contribution in [3.63, 3.8) is 0 Å². The highest BCUT2D eigenvalue weighted by molar-refractivity contribution is 6.03. The number of rotatable bonds is 8. The topological polar surface area (TPSA) is 186 Å². The Kier molecular flexibility index (Phi) is 5.42. The Morgan fingerprint density at radius 2 is 1.14 bits per heavy atom. The molecular weight excluding hydrogens is 292 g/mol. The average molecular weight is 306 g/mol. The molecular formula is C11H14O10. The van der Waals surface area contributed by atoms with Crippen molar-refractivity contribution in [3.8, 4) is 0 Å². The summed E-state index contributed by atoms with van der Waals surface area (Å²) in [5, 5.41) is 44.9. The van der Waals surface area contributed by atoms with Gasteiger partial charge in [0, 0.05) is 0 Å². The lowest BCUT2D eigenvalue weighted by Gasteiger charge is -2.32. The highest BCUT2D eigenvalue weighted by Gasteiger charge is 2.59. The zero-order valence-electron chi connectivity index (χ0n) is 11.0. The Balaban J connectivity index is 6.25. The van der Waals surface area contributed by atoms with E-state index in [0.717, 1.165) is 6.92 Å². The fourth-order valence-electron chi connectivity index (χ4n) is 1.92. The molecule has 0 heterocycles. The van der Waals surface area contributed by atoms with Gasteiger partial charge in [0.15, 0.2) is 5.41 Å². The molecule has 0 saturated heterocycles. The van der Waals surface area contributed by atoms with Crippen LogP contribution in [-0.2, 0) is 24.0 Å². The van der Waals surface area contributed by atoms with E-state index in [-0.39, 0.29) is 0 Å². The second-order valence-corrected chi connectivity index (χ2v) is 4.62. The molecule has 0 aliphatic rings. The van der Waals surface area contributed by atoms with E-state index >= 15 is 0 Å². The summed E-state index contributed by atoms with van der Waals surface area (Å²) in [7, 11) is 0. The number of carboxylic acid groups (broad SMARTS) is 5. The lowest BCUT2D eigenvalue weighted by molar-refractivity contribution is -0.182. The molecule has 10 heteroatoms. The predicted molar refractivity (Wildman–Crippen MR) is 62.4 cm³/mol. The van der Waals surface area contributed by atoms with Crippen LogP contribution in [0, 0.1) is 23.2 Å². The van der Waals surface area contributed by atoms with Crippen molar-refractivity contribution >= 4 is 29.8 Å². The van der Waals surface area contributed by atoms with Gasteiger partial charge in [-0.05, 0) is 6.92 Å². The van der Waals surface area contributed by atoms with Crippen LogP contribution in [0.5, 0.6) is 0 Å². The number of carboxylic acids is 5. The van der Waals surface area contributed by atoms with E-state index in [1.165, 1.54) is 0 Å². The predicted octanol–water partition coefficient (Wildman–Crippen LogP) is -0.716. The van der Waals surface area contributed by atoms with Crippen LogP contribution in [0.4, 0.5) is 0 Å². The molecule has 0 saturated carbocycles. The van der Waals surface area contributed by atoms with Gasteiger partial charge < -0.3 is 25.5 Å². The van der Waals surface area contributed by atoms with E-state index in [0.29, 0.717) is 6.92 Å². The third-order valence-corrected chi connectivity index (χ3v) is 3.35. The molecule has 118 valence electrons. The molecule has 0 bridgehead atoms. The Morgan fingerprint density at radius 3 is 1.33 bits per heavy atom. The van der Waals surface area contributed by atoms with Crippen LogP contribution in [0.1, 0.15) is 13.8 Å². The third-order valence-electron chi connectivity index (χ3n) is 3.35. The molecule has 0 aromatic rings. The minimum absolute atomic E-state index is 0.529. The molecule has 0 aliphatic carbocycles. The average Bonchev–Trinajstić information content (AvgIpc) is 2.32. The summed E-state index contributed by atoms with van der Waals surface area (Å²) >= 11 is 0. The molecule has 21 heavy (non-hydrogen) atoms. The summed E-state index contributed by atoms with van der Waals surface area (Å²) in [6.45, 7) is 1.39. The van der Waals surface area contributed by atoms with E-state index in [4.69, 9.17) is 25.5 Å². The largest absolute Gasteiger partial charge is 0.481 e. The molecule has 0 aliphatic heterocycles. The lowest BCUT2D eigenvalue weighted by Crippen LogP contribution is -2.53. The first kappa shape index (κ1) is 18.4. The summed E-state index contributed by atoms with van der Waals surface area (Å²) in [6.07, 6.45) is 0. The normalized spacial score (nSPS) is 15.5. The highest BCUT2D eigenvalue weighted by Crippen LogP contribution is 2.38. The van der Waals surface area contributed by atoms with Gasteiger partial charge in [0.1, 0.15) is 0 Å². The van der Waals surface area contributed by atoms with Gasteiger partial charge in [-0.3, -0.25) is 24.0 Å². The number of aliphatic carboxylic acids is 5. The van der Waals surface area contributed by atoms with E-state index in [1.807, 2.05) is 0 Å². The molecule has 0 radical (unpaired) electrons. The summed E-state index contributed by atoms with van der Waals surface area (Å²) in [5.41, 5.74) is -3.00. The van der Waals surface area contributed by atoms with Crippen molar-refractivity contribution in [2.75, 3.05) is 0 Å². The van der Waals surface area contributed by atoms with Crippen LogP contribution >= 0.6 is 0 Å². The summed E-state index contributed by atoms with van der Waals surface area (Å²) in [4.78, 5) is 55.6. The molecule has 0 spiro atoms. The van der Waals surface area contributed by atoms with E-state index < -0.39 is 53.0 Å². The van der Waals surface area contributed by atoms with Crippen molar-refractivity contribution in [2.24, 2.45) is 23.2 Å². The van der Waals surface area contributed by atoms with Crippen molar-refractivity contribution < 1.29 is 49.5 Å². The Bertz CT molecular complexity index is 479. The molecule has 0 amide bonds. The van der Waals surface area contributed by atoms with Gasteiger partial charge in [-0.1, -0.05) is 6.92 Å². The third kappa shape index (κ3) is 3.27. The van der Waals surface area contributed by atoms with Crippen molar-refractivity contribution in [2.45, 2.75) is 13.8 Å². The quantitative estimate of drug-likeness (QED) is 0.358. The van der Waals surface area contributed by atoms with Crippen LogP contribution in [-0.4, -0.2) is 55.4 Å². The first-order valence-electron chi connectivity index (χ1n) is 5.54. The molecule has 0 fully saturated rings. The highest BCUT2D eigenvalue weighted by atomic mass is 16.4. The van der Waals surface area contributed by atoms with E-state index in [2.05, 4.69) is 0 Å². The maximum Gasteiger partial charge on any atom is 0.321 e. The van der Waals surface area contributed by atoms with E-state index in [1.54, 1.807) is 0 Å². The van der Waals surface area contributed by atoms with Gasteiger partial charge in [0.2, 0.25) is 0 Å². The smallest absolute Gasteiger partial charge is 0.321 e. The molecule has 3 unspecified atom stereocenters. The first-order valence-corrected chi connectivity index (χ1v) is 5.54. The van der Waals surface area contributed by atoms with Crippen LogP contribution in [0.2, 0.25) is 0 Å². The standard InChI is InChI=1S/C11H14O10/c1-3(6(12)13)4(7(14)15)5(8(16)17)11(2,9(18)19)10(20)21/h3-5H,1-2H3,(H,12,13)(H,14,15)(H,16,17)(H,18,19)(H,20,21). The lowest BCUT2D eigenvalue weighted by atomic mass is 9.67. The number of hydrogen-bond donors (Lipinski definition) is 5. The van der Waals surface area contributed by atoms with Gasteiger partial charge in [-0.15, -0.1) is 0 Å². The molecule has 0 rings (SSSR count). The number of carbonyl (C=O) groups is 5. The Labute approximate surface area is 117 Å². The van der Waals surface area contributed by atoms with Gasteiger partial charge in [-0.2, -0.15) is 0 Å². The van der Waals surface area contributed by atoms with Crippen molar-refractivity contribution in [3.05, 3.63) is 0 Å². The van der Waals surface area contributed by atoms with Crippen LogP contribution < -0.4 is 0 Å². The van der Waals surface area contributed by atoms with Gasteiger partial charge in [-0.25, -0.2) is 0 Å². The van der Waals surface area contributed by atoms with Gasteiger partial charge >= 0.3 is 29.8 Å². The summed E-state index contributed by atoms with van der Waals surface area (Å²) < 4.78 is 0. The van der Waals surface area contributed by atoms with Gasteiger partial charge in [0.25, 0.3) is 0 Å². The van der Waals surface area contributed by atoms with Gasteiger partial charge in [0.05, 0.1) is 17.8 Å². The maximum atomic E-state index is 11.2. The first-order chi connectivity index (χ1) is 9.38. The molecule has 0 aromatic heterocycles. The van der Waals surface area contributed by atoms with Crippen LogP contribution in [0.25, 0.3) is 0 Å². The molecule has 3 atom stereocenters. The van der Waals surface area contributed by atoms with Crippen molar-refractivity contribution in [1.29, 1.82) is 0 Å². The zero-order valence-corrected chi connectivity index (χ0v) is 11.0. The second kappa shape index (κ2) is 6.20. The minimum atomic E-state index is -3.00. The fourth-order valence-corrected chi connectivity index (χ4v) is 1.92. The Morgan fingerprint density at radius 1 is 0.762 bits per heavy atom. The SMILES string of the molecule is CC(C(=O)O)C(C(=O)O)C(C(=O)O)C(C)(C(=O)O)C(=O)O. The van der Waals surface area contributed by atoms with Crippen LogP contribution in [0.3, 0.4) is 0 Å². The summed E-state index contributed by atoms with van der Waals surface area (Å²) in [6, 6.07) is 0. The zero-order chi connectivity index (χ0) is 17.1. The molecule has 0 aromatic carbocycles. The fraction of sp³-hybridized carbons (Fsp3) is 0.545. The minimum Gasteiger partial charge on any atom is -0.481 e. The van der Waals surface area contributed by atoms with E-state index in [9.17, 15) is 24.0 Å². The molecule has 5 N–H and O–H groups in total. The maximum absolute atomic E-state index is 11.2. The number of hydrogen-bond acceptors (Lipinski definition) is 5. The van der Waals surface area contributed by atoms with Crippen LogP contribution in [0.15, 0.2) is 0 Å². The Hall–Kier alpha value is -2.65. The second-order valence-electron chi connectivity index (χ2n) is 4.62. The molecule has 10 nitrogen and oxygen atoms in total. The monoisotopic (exact) mass is 306 g/mol.